The Morgan fingerprint density at radius 3 is 2.10 bits per heavy atom. The number of benzene rings is 3. The van der Waals surface area contributed by atoms with Gasteiger partial charge in [0.1, 0.15) is 6.61 Å². The van der Waals surface area contributed by atoms with Gasteiger partial charge in [-0.15, -0.1) is 0 Å². The summed E-state index contributed by atoms with van der Waals surface area (Å²) in [6, 6.07) is 23.7. The first-order valence-corrected chi connectivity index (χ1v) is 16.9. The molecule has 0 bridgehead atoms. The Hall–Kier alpha value is -3.21. The van der Waals surface area contributed by atoms with Crippen LogP contribution >= 0.6 is 12.0 Å². The normalized spacial score (nSPS) is 12.5. The minimum atomic E-state index is -1.95. The number of esters is 2. The smallest absolute Gasteiger partial charge is 0.338 e. The van der Waals surface area contributed by atoms with E-state index in [9.17, 15) is 9.59 Å². The fourth-order valence-corrected chi connectivity index (χ4v) is 5.05. The minimum absolute atomic E-state index is 0.0794. The Balaban J connectivity index is 1.90. The van der Waals surface area contributed by atoms with Gasteiger partial charge in [0.25, 0.3) is 0 Å². The maximum absolute atomic E-state index is 13.2. The van der Waals surface area contributed by atoms with Crippen LogP contribution in [0.25, 0.3) is 11.1 Å². The molecule has 0 unspecified atom stereocenters. The van der Waals surface area contributed by atoms with Crippen LogP contribution in [-0.4, -0.2) is 41.1 Å². The Labute approximate surface area is 248 Å². The first kappa shape index (κ1) is 32.3. The Morgan fingerprint density at radius 2 is 1.49 bits per heavy atom. The van der Waals surface area contributed by atoms with Crippen molar-refractivity contribution in [2.45, 2.75) is 50.4 Å². The number of hydrogen-bond donors (Lipinski definition) is 0. The third kappa shape index (κ3) is 8.88. The zero-order valence-corrected chi connectivity index (χ0v) is 26.5. The molecule has 0 aliphatic carbocycles. The minimum Gasteiger partial charge on any atom is -0.465 e. The van der Waals surface area contributed by atoms with Crippen molar-refractivity contribution in [1.29, 1.82) is 0 Å². The van der Waals surface area contributed by atoms with Crippen LogP contribution in [0.2, 0.25) is 18.1 Å². The van der Waals surface area contributed by atoms with Crippen molar-refractivity contribution in [2.75, 3.05) is 20.8 Å². The van der Waals surface area contributed by atoms with Gasteiger partial charge in [-0.2, -0.15) is 4.33 Å². The largest absolute Gasteiger partial charge is 0.465 e. The van der Waals surface area contributed by atoms with E-state index in [2.05, 4.69) is 38.8 Å². The summed E-state index contributed by atoms with van der Waals surface area (Å²) in [5.74, 6) is -1.04. The molecule has 0 aliphatic rings. The van der Waals surface area contributed by atoms with Crippen LogP contribution in [0.3, 0.4) is 0 Å². The van der Waals surface area contributed by atoms with Gasteiger partial charge in [-0.25, -0.2) is 14.5 Å². The van der Waals surface area contributed by atoms with Crippen LogP contribution in [0.1, 0.15) is 47.8 Å². The molecule has 0 radical (unpaired) electrons. The van der Waals surface area contributed by atoms with Crippen LogP contribution in [0.15, 0.2) is 83.8 Å². The summed E-state index contributed by atoms with van der Waals surface area (Å²) in [7, 11) is 0.801. The number of ether oxygens (including phenoxy) is 2. The van der Waals surface area contributed by atoms with E-state index < -0.39 is 20.3 Å². The summed E-state index contributed by atoms with van der Waals surface area (Å²) >= 11 is 1.06. The second-order valence-electron chi connectivity index (χ2n) is 10.9. The molecule has 0 atom stereocenters. The zero-order valence-electron chi connectivity index (χ0n) is 24.7. The van der Waals surface area contributed by atoms with Gasteiger partial charge in [0, 0.05) is 10.5 Å². The lowest BCUT2D eigenvalue weighted by molar-refractivity contribution is -0.160. The standard InChI is InChI=1S/C32H38O7SSi/c1-32(2,3)41(6,7)38-21-23-12-11-15-26(20-23)30(33)37-22-28(24-16-18-27(19-17-24)40-39-36-5)29(31(34)35-4)25-13-9-8-10-14-25/h8-20H,21-22H2,1-7H3. The highest BCUT2D eigenvalue weighted by Crippen LogP contribution is 2.37. The van der Waals surface area contributed by atoms with Crippen molar-refractivity contribution < 1.29 is 32.7 Å². The first-order valence-electron chi connectivity index (χ1n) is 13.2. The van der Waals surface area contributed by atoms with E-state index in [4.69, 9.17) is 18.2 Å². The molecule has 3 aromatic carbocycles. The zero-order chi connectivity index (χ0) is 30.0. The molecule has 0 heterocycles. The molecule has 0 spiro atoms. The summed E-state index contributed by atoms with van der Waals surface area (Å²) in [5.41, 5.74) is 3.47. The first-order chi connectivity index (χ1) is 19.5. The van der Waals surface area contributed by atoms with Crippen molar-refractivity contribution >= 4 is 43.4 Å². The SMILES string of the molecule is COOSc1ccc(C(COC(=O)c2cccc(CO[Si](C)(C)C(C)(C)C)c2)=C(C(=O)OC)c2ccccc2)cc1. The van der Waals surface area contributed by atoms with Crippen LogP contribution in [0, 0.1) is 0 Å². The van der Waals surface area contributed by atoms with Gasteiger partial charge in [0.15, 0.2) is 8.32 Å². The maximum Gasteiger partial charge on any atom is 0.338 e. The number of rotatable bonds is 12. The van der Waals surface area contributed by atoms with Gasteiger partial charge in [-0.3, -0.25) is 0 Å². The second-order valence-corrected chi connectivity index (χ2v) is 16.5. The van der Waals surface area contributed by atoms with E-state index in [1.165, 1.54) is 14.2 Å². The number of methoxy groups -OCH3 is 1. The molecule has 0 amide bonds. The summed E-state index contributed by atoms with van der Waals surface area (Å²) in [5, 5.41) is 0.0794. The lowest BCUT2D eigenvalue weighted by Gasteiger charge is -2.36. The summed E-state index contributed by atoms with van der Waals surface area (Å²) < 4.78 is 22.2. The third-order valence-electron chi connectivity index (χ3n) is 7.07. The van der Waals surface area contributed by atoms with Crippen molar-refractivity contribution in [3.63, 3.8) is 0 Å². The average molecular weight is 595 g/mol. The summed E-state index contributed by atoms with van der Waals surface area (Å²) in [6.45, 7) is 11.2. The molecule has 0 N–H and O–H groups in total. The fourth-order valence-electron chi connectivity index (χ4n) is 3.70. The molecule has 0 aromatic heterocycles. The van der Waals surface area contributed by atoms with Crippen LogP contribution in [-0.2, 0) is 34.5 Å². The molecule has 41 heavy (non-hydrogen) atoms. The molecule has 0 saturated heterocycles. The van der Waals surface area contributed by atoms with Crippen molar-refractivity contribution in [1.82, 2.24) is 0 Å². The summed E-state index contributed by atoms with van der Waals surface area (Å²) in [6.07, 6.45) is 0. The van der Waals surface area contributed by atoms with Gasteiger partial charge in [-0.1, -0.05) is 75.4 Å². The molecule has 0 saturated carbocycles. The van der Waals surface area contributed by atoms with Crippen LogP contribution in [0.5, 0.6) is 0 Å². The van der Waals surface area contributed by atoms with E-state index in [0.717, 1.165) is 22.5 Å². The summed E-state index contributed by atoms with van der Waals surface area (Å²) in [4.78, 5) is 31.7. The number of carbonyl (C=O) groups excluding carboxylic acids is 2. The number of hydrogen-bond acceptors (Lipinski definition) is 8. The van der Waals surface area contributed by atoms with Gasteiger partial charge < -0.3 is 13.9 Å². The molecule has 9 heteroatoms. The Bertz CT molecular complexity index is 1350. The topological polar surface area (TPSA) is 80.3 Å². The van der Waals surface area contributed by atoms with E-state index in [0.29, 0.717) is 34.4 Å². The Kier molecular flexibility index (Phi) is 11.5. The molecule has 0 aliphatic heterocycles. The quantitative estimate of drug-likeness (QED) is 0.0401. The average Bonchev–Trinajstić information content (AvgIpc) is 2.97. The monoisotopic (exact) mass is 594 g/mol. The van der Waals surface area contributed by atoms with E-state index in [1.54, 1.807) is 12.1 Å². The van der Waals surface area contributed by atoms with Crippen molar-refractivity contribution in [3.05, 3.63) is 101 Å². The van der Waals surface area contributed by atoms with Gasteiger partial charge in [0.05, 0.1) is 44.0 Å². The molecular weight excluding hydrogens is 556 g/mol. The predicted molar refractivity (Wildman–Crippen MR) is 164 cm³/mol. The van der Waals surface area contributed by atoms with Crippen molar-refractivity contribution in [2.24, 2.45) is 0 Å². The van der Waals surface area contributed by atoms with Crippen LogP contribution < -0.4 is 0 Å². The molecule has 3 rings (SSSR count). The van der Waals surface area contributed by atoms with E-state index >= 15 is 0 Å². The van der Waals surface area contributed by atoms with E-state index in [1.807, 2.05) is 66.7 Å². The maximum atomic E-state index is 13.2. The molecular formula is C32H38O7SSi. The van der Waals surface area contributed by atoms with Gasteiger partial charge in [0.2, 0.25) is 0 Å². The third-order valence-corrected chi connectivity index (χ3v) is 12.2. The molecule has 218 valence electrons. The highest BCUT2D eigenvalue weighted by molar-refractivity contribution is 7.94. The van der Waals surface area contributed by atoms with Crippen LogP contribution in [0.4, 0.5) is 0 Å². The molecule has 7 nitrogen and oxygen atoms in total. The number of carbonyl (C=O) groups is 2. The lowest BCUT2D eigenvalue weighted by atomic mass is 9.95. The van der Waals surface area contributed by atoms with Gasteiger partial charge in [-0.05, 0) is 59.1 Å². The lowest BCUT2D eigenvalue weighted by Crippen LogP contribution is -2.40. The van der Waals surface area contributed by atoms with Crippen molar-refractivity contribution in [3.8, 4) is 0 Å². The fraction of sp³-hybridized carbons (Fsp3) is 0.312. The van der Waals surface area contributed by atoms with E-state index in [-0.39, 0.29) is 11.6 Å². The molecule has 3 aromatic rings. The Morgan fingerprint density at radius 1 is 0.829 bits per heavy atom. The highest BCUT2D eigenvalue weighted by Gasteiger charge is 2.37. The predicted octanol–water partition coefficient (Wildman–Crippen LogP) is 7.73. The molecule has 0 fully saturated rings. The van der Waals surface area contributed by atoms with Gasteiger partial charge >= 0.3 is 11.9 Å². The second kappa shape index (κ2) is 14.6. The highest BCUT2D eigenvalue weighted by atomic mass is 32.2.